The highest BCUT2D eigenvalue weighted by molar-refractivity contribution is 7.99. The Morgan fingerprint density at radius 2 is 1.52 bits per heavy atom. The Kier molecular flexibility index (Phi) is 13.6. The molecular formula is C24H36N2O17P4S. The smallest absolute Gasteiger partial charge is 0.346 e. The van der Waals surface area contributed by atoms with Crippen LogP contribution in [-0.4, -0.2) is 72.2 Å². The number of rotatable bonds is 18. The molecule has 270 valence electrons. The summed E-state index contributed by atoms with van der Waals surface area (Å²) in [5, 5.41) is 0.498. The predicted octanol–water partition coefficient (Wildman–Crippen LogP) is 4.28. The minimum atomic E-state index is -5.98. The summed E-state index contributed by atoms with van der Waals surface area (Å²) in [6.07, 6.45) is -2.69. The van der Waals surface area contributed by atoms with Crippen LogP contribution < -0.4 is 5.69 Å². The van der Waals surface area contributed by atoms with Crippen molar-refractivity contribution in [1.82, 2.24) is 9.55 Å². The van der Waals surface area contributed by atoms with E-state index >= 15 is 0 Å². The van der Waals surface area contributed by atoms with Gasteiger partial charge in [-0.3, -0.25) is 13.6 Å². The van der Waals surface area contributed by atoms with Crippen molar-refractivity contribution in [3.8, 4) is 0 Å². The first-order valence-electron chi connectivity index (χ1n) is 14.4. The maximum atomic E-state index is 13.0. The average Bonchev–Trinajstić information content (AvgIpc) is 3.51. The average molecular weight is 781 g/mol. The van der Waals surface area contributed by atoms with Crippen LogP contribution in [0.25, 0.3) is 0 Å². The summed E-state index contributed by atoms with van der Waals surface area (Å²) in [6.45, 7) is 3.70. The van der Waals surface area contributed by atoms with Gasteiger partial charge >= 0.3 is 37.0 Å². The first-order chi connectivity index (χ1) is 22.4. The SMILES string of the molecule is CCCSc1ccn([C@@H]2O[C@H](COP(=O)(O)OP(=O)(O)OP(=O)(O)OP(=O)(O)OC(C)C)C3OC(CCc4ccccc4)O[C@@H]32)c(=O)n1. The number of aromatic nitrogens is 2. The van der Waals surface area contributed by atoms with Gasteiger partial charge in [-0.05, 0) is 44.1 Å². The quantitative estimate of drug-likeness (QED) is 0.0935. The molecule has 4 N–H and O–H groups in total. The Hall–Kier alpha value is -1.11. The zero-order chi connectivity index (χ0) is 35.3. The molecule has 0 saturated carbocycles. The zero-order valence-corrected chi connectivity index (χ0v) is 30.1. The summed E-state index contributed by atoms with van der Waals surface area (Å²) in [5.74, 6) is 0.743. The molecule has 4 rings (SSSR count). The van der Waals surface area contributed by atoms with E-state index < -0.39 is 80.5 Å². The number of hydrogen-bond donors (Lipinski definition) is 4. The molecule has 1 aromatic carbocycles. The lowest BCUT2D eigenvalue weighted by Gasteiger charge is -2.23. The minimum Gasteiger partial charge on any atom is -0.346 e. The maximum Gasteiger partial charge on any atom is 0.490 e. The van der Waals surface area contributed by atoms with Crippen LogP contribution in [0.15, 0.2) is 52.4 Å². The van der Waals surface area contributed by atoms with E-state index in [1.165, 1.54) is 36.4 Å². The van der Waals surface area contributed by atoms with Crippen molar-refractivity contribution in [3.05, 3.63) is 58.6 Å². The summed E-state index contributed by atoms with van der Waals surface area (Å²) in [6, 6.07) is 11.1. The highest BCUT2D eigenvalue weighted by atomic mass is 32.2. The van der Waals surface area contributed by atoms with Gasteiger partial charge in [0.2, 0.25) is 0 Å². The van der Waals surface area contributed by atoms with E-state index in [2.05, 4.69) is 22.4 Å². The highest BCUT2D eigenvalue weighted by Gasteiger charge is 2.54. The third kappa shape index (κ3) is 11.7. The Bertz CT molecular complexity index is 1650. The molecular weight excluding hydrogens is 744 g/mol. The molecule has 9 atom stereocenters. The minimum absolute atomic E-state index is 0.399. The Morgan fingerprint density at radius 1 is 0.896 bits per heavy atom. The molecule has 0 aliphatic carbocycles. The Labute approximate surface area is 279 Å². The molecule has 2 saturated heterocycles. The summed E-state index contributed by atoms with van der Waals surface area (Å²) < 4.78 is 89.0. The van der Waals surface area contributed by atoms with Crippen LogP contribution in [0.1, 0.15) is 45.4 Å². The van der Waals surface area contributed by atoms with Crippen molar-refractivity contribution in [3.63, 3.8) is 0 Å². The number of aryl methyl sites for hydroxylation is 1. The largest absolute Gasteiger partial charge is 0.490 e. The molecule has 3 heterocycles. The summed E-state index contributed by atoms with van der Waals surface area (Å²) in [7, 11) is -22.7. The zero-order valence-electron chi connectivity index (χ0n) is 25.7. The molecule has 6 unspecified atom stereocenters. The first-order valence-corrected chi connectivity index (χ1v) is 21.3. The highest BCUT2D eigenvalue weighted by Crippen LogP contribution is 2.71. The van der Waals surface area contributed by atoms with Gasteiger partial charge in [-0.1, -0.05) is 37.3 Å². The Balaban J connectivity index is 1.45. The summed E-state index contributed by atoms with van der Waals surface area (Å²) in [5.41, 5.74) is 0.352. The molecule has 24 heteroatoms. The van der Waals surface area contributed by atoms with Crippen molar-refractivity contribution >= 4 is 43.1 Å². The molecule has 2 aliphatic heterocycles. The summed E-state index contributed by atoms with van der Waals surface area (Å²) in [4.78, 5) is 56.2. The van der Waals surface area contributed by atoms with Crippen LogP contribution in [0.3, 0.4) is 0 Å². The number of phosphoric ester groups is 2. The van der Waals surface area contributed by atoms with Gasteiger partial charge in [0, 0.05) is 12.6 Å². The third-order valence-corrected chi connectivity index (χ3v) is 13.6. The van der Waals surface area contributed by atoms with Crippen LogP contribution >= 0.6 is 43.1 Å². The fourth-order valence-corrected chi connectivity index (χ4v) is 10.4. The standard InChI is InChI=1S/C24H36N2O17P4S/c1-4-14-48-19-12-13-26(24(27)25-19)23-22-21(38-20(39-22)11-10-17-8-6-5-7-9-17)18(37-23)15-36-44(28,29)41-46(32,33)43-47(34,35)42-45(30,31)40-16(2)3/h5-9,12-13,16,18,20-23H,4,10-11,14-15H2,1-3H3,(H,28,29)(H,30,31)(H,32,33)(H,34,35)/t18-,20?,21?,22+,23-/m1/s1. The lowest BCUT2D eigenvalue weighted by Crippen LogP contribution is -2.34. The third-order valence-electron chi connectivity index (χ3n) is 6.31. The van der Waals surface area contributed by atoms with Gasteiger partial charge in [-0.2, -0.15) is 17.9 Å². The second-order valence-corrected chi connectivity index (χ2v) is 17.9. The summed E-state index contributed by atoms with van der Waals surface area (Å²) >= 11 is 1.39. The van der Waals surface area contributed by atoms with E-state index in [9.17, 15) is 42.6 Å². The number of thioether (sulfide) groups is 1. The fourth-order valence-electron chi connectivity index (χ4n) is 4.60. The fraction of sp³-hybridized carbons (Fsp3) is 0.583. The van der Waals surface area contributed by atoms with Gasteiger partial charge < -0.3 is 33.8 Å². The van der Waals surface area contributed by atoms with E-state index in [1.807, 2.05) is 37.3 Å². The molecule has 19 nitrogen and oxygen atoms in total. The van der Waals surface area contributed by atoms with E-state index in [0.29, 0.717) is 17.9 Å². The number of ether oxygens (including phenoxy) is 3. The van der Waals surface area contributed by atoms with Crippen LogP contribution in [0.4, 0.5) is 0 Å². The van der Waals surface area contributed by atoms with Gasteiger partial charge in [0.25, 0.3) is 0 Å². The normalized spacial score (nSPS) is 27.5. The van der Waals surface area contributed by atoms with Gasteiger partial charge in [0.15, 0.2) is 12.5 Å². The molecule has 0 bridgehead atoms. The monoisotopic (exact) mass is 780 g/mol. The van der Waals surface area contributed by atoms with Crippen LogP contribution in [-0.2, 0) is 60.9 Å². The first kappa shape index (κ1) is 39.7. The molecule has 2 fully saturated rings. The predicted molar refractivity (Wildman–Crippen MR) is 166 cm³/mol. The Morgan fingerprint density at radius 3 is 2.15 bits per heavy atom. The molecule has 2 aromatic rings. The van der Waals surface area contributed by atoms with E-state index in [0.717, 1.165) is 17.7 Å². The molecule has 0 spiro atoms. The van der Waals surface area contributed by atoms with Gasteiger partial charge in [-0.25, -0.2) is 23.1 Å². The maximum absolute atomic E-state index is 13.0. The molecule has 0 radical (unpaired) electrons. The topological polar surface area (TPSA) is 258 Å². The molecule has 0 amide bonds. The van der Waals surface area contributed by atoms with Crippen molar-refractivity contribution < 1.29 is 74.0 Å². The van der Waals surface area contributed by atoms with Gasteiger partial charge in [-0.15, -0.1) is 11.8 Å². The lowest BCUT2D eigenvalue weighted by atomic mass is 10.1. The number of fused-ring (bicyclic) bond motifs is 1. The van der Waals surface area contributed by atoms with Crippen LogP contribution in [0.2, 0.25) is 0 Å². The molecule has 2 aliphatic rings. The second-order valence-electron chi connectivity index (χ2n) is 10.6. The number of benzene rings is 1. The van der Waals surface area contributed by atoms with Crippen LogP contribution in [0, 0.1) is 0 Å². The number of phosphoric acid groups is 4. The van der Waals surface area contributed by atoms with Crippen molar-refractivity contribution in [2.45, 2.75) is 82.0 Å². The van der Waals surface area contributed by atoms with Gasteiger partial charge in [0.05, 0.1) is 12.7 Å². The molecule has 1 aromatic heterocycles. The number of nitrogens with zero attached hydrogens (tertiary/aromatic N) is 2. The van der Waals surface area contributed by atoms with Crippen molar-refractivity contribution in [2.75, 3.05) is 12.4 Å². The number of hydrogen-bond acceptors (Lipinski definition) is 15. The molecule has 48 heavy (non-hydrogen) atoms. The van der Waals surface area contributed by atoms with E-state index in [-0.39, 0.29) is 0 Å². The van der Waals surface area contributed by atoms with Crippen molar-refractivity contribution in [1.29, 1.82) is 0 Å². The van der Waals surface area contributed by atoms with Crippen LogP contribution in [0.5, 0.6) is 0 Å². The van der Waals surface area contributed by atoms with E-state index in [4.69, 9.17) is 18.7 Å². The van der Waals surface area contributed by atoms with Crippen molar-refractivity contribution in [2.24, 2.45) is 0 Å². The van der Waals surface area contributed by atoms with E-state index in [1.54, 1.807) is 6.07 Å². The van der Waals surface area contributed by atoms with Gasteiger partial charge in [0.1, 0.15) is 23.3 Å². The second kappa shape index (κ2) is 16.5. The lowest BCUT2D eigenvalue weighted by molar-refractivity contribution is -0.153.